The first-order valence-electron chi connectivity index (χ1n) is 4.98. The van der Waals surface area contributed by atoms with E-state index < -0.39 is 0 Å². The molecule has 1 atom stereocenters. The Hall–Kier alpha value is -0.820. The second-order valence-corrected chi connectivity index (χ2v) is 3.91. The van der Waals surface area contributed by atoms with Crippen molar-refractivity contribution in [2.45, 2.75) is 39.3 Å². The van der Waals surface area contributed by atoms with Crippen LogP contribution >= 0.6 is 0 Å². The third-order valence-corrected chi connectivity index (χ3v) is 2.00. The lowest BCUT2D eigenvalue weighted by Crippen LogP contribution is -2.33. The molecule has 0 fully saturated rings. The summed E-state index contributed by atoms with van der Waals surface area (Å²) in [6.07, 6.45) is 1.11. The summed E-state index contributed by atoms with van der Waals surface area (Å²) in [5.74, 6) is 0. The van der Waals surface area contributed by atoms with Gasteiger partial charge in [0.15, 0.2) is 0 Å². The summed E-state index contributed by atoms with van der Waals surface area (Å²) in [5, 5.41) is 3.49. The van der Waals surface area contributed by atoms with Crippen LogP contribution in [-0.4, -0.2) is 12.1 Å². The van der Waals surface area contributed by atoms with Crippen LogP contribution in [0.1, 0.15) is 26.3 Å². The Bertz CT molecular complexity index is 228. The van der Waals surface area contributed by atoms with Gasteiger partial charge in [0.2, 0.25) is 0 Å². The molecule has 0 aliphatic carbocycles. The normalized spacial score (nSPS) is 13.2. The molecule has 0 bridgehead atoms. The summed E-state index contributed by atoms with van der Waals surface area (Å²) in [5.41, 5.74) is 1.41. The van der Waals surface area contributed by atoms with Crippen molar-refractivity contribution < 1.29 is 0 Å². The summed E-state index contributed by atoms with van der Waals surface area (Å²) in [6, 6.07) is 11.7. The highest BCUT2D eigenvalue weighted by Gasteiger charge is 2.03. The predicted octanol–water partition coefficient (Wildman–Crippen LogP) is 2.62. The van der Waals surface area contributed by atoms with E-state index in [1.54, 1.807) is 0 Å². The Balaban J connectivity index is 2.41. The molecule has 1 aromatic rings. The zero-order valence-electron chi connectivity index (χ0n) is 8.75. The second kappa shape index (κ2) is 5.03. The molecule has 0 saturated heterocycles. The van der Waals surface area contributed by atoms with Crippen molar-refractivity contribution >= 4 is 0 Å². The van der Waals surface area contributed by atoms with Gasteiger partial charge in [0, 0.05) is 12.1 Å². The zero-order valence-corrected chi connectivity index (χ0v) is 8.75. The second-order valence-electron chi connectivity index (χ2n) is 3.91. The average molecular weight is 177 g/mol. The zero-order chi connectivity index (χ0) is 9.68. The van der Waals surface area contributed by atoms with E-state index in [1.165, 1.54) is 5.56 Å². The number of hydrogen-bond donors (Lipinski definition) is 1. The molecule has 1 N–H and O–H groups in total. The number of rotatable bonds is 4. The minimum Gasteiger partial charge on any atom is -0.312 e. The molecule has 13 heavy (non-hydrogen) atoms. The molecule has 0 aliphatic heterocycles. The summed E-state index contributed by atoms with van der Waals surface area (Å²) in [6.45, 7) is 6.59. The van der Waals surface area contributed by atoms with Crippen LogP contribution in [0.3, 0.4) is 0 Å². The van der Waals surface area contributed by atoms with Gasteiger partial charge >= 0.3 is 0 Å². The van der Waals surface area contributed by atoms with Crippen LogP contribution in [0.5, 0.6) is 0 Å². The lowest BCUT2D eigenvalue weighted by molar-refractivity contribution is 0.488. The van der Waals surface area contributed by atoms with E-state index in [2.05, 4.69) is 56.4 Å². The minimum atomic E-state index is 0.558. The van der Waals surface area contributed by atoms with Gasteiger partial charge in [-0.15, -0.1) is 0 Å². The van der Waals surface area contributed by atoms with E-state index in [4.69, 9.17) is 0 Å². The van der Waals surface area contributed by atoms with Crippen LogP contribution in [0.2, 0.25) is 0 Å². The fraction of sp³-hybridized carbons (Fsp3) is 0.500. The van der Waals surface area contributed by atoms with Gasteiger partial charge in [-0.1, -0.05) is 44.2 Å². The van der Waals surface area contributed by atoms with Crippen molar-refractivity contribution in [3.05, 3.63) is 35.9 Å². The molecule has 0 saturated carbocycles. The van der Waals surface area contributed by atoms with Gasteiger partial charge in [0.1, 0.15) is 0 Å². The summed E-state index contributed by atoms with van der Waals surface area (Å²) < 4.78 is 0. The monoisotopic (exact) mass is 177 g/mol. The molecule has 0 aliphatic rings. The van der Waals surface area contributed by atoms with Gasteiger partial charge in [-0.3, -0.25) is 0 Å². The largest absolute Gasteiger partial charge is 0.312 e. The van der Waals surface area contributed by atoms with Crippen LogP contribution in [-0.2, 0) is 6.42 Å². The van der Waals surface area contributed by atoms with Crippen LogP contribution in [0.25, 0.3) is 0 Å². The average Bonchev–Trinajstić information content (AvgIpc) is 2.04. The van der Waals surface area contributed by atoms with Crippen molar-refractivity contribution in [3.63, 3.8) is 0 Å². The molecule has 0 unspecified atom stereocenters. The lowest BCUT2D eigenvalue weighted by atomic mass is 10.1. The molecule has 0 spiro atoms. The highest BCUT2D eigenvalue weighted by atomic mass is 14.9. The standard InChI is InChI=1S/C12H19N/c1-10(2)13-11(3)9-12-7-5-4-6-8-12/h4-8,10-11,13H,9H2,1-3H3/t11-/m0/s1. The van der Waals surface area contributed by atoms with Crippen molar-refractivity contribution in [1.29, 1.82) is 0 Å². The van der Waals surface area contributed by atoms with E-state index in [1.807, 2.05) is 0 Å². The molecule has 1 aromatic carbocycles. The van der Waals surface area contributed by atoms with Crippen molar-refractivity contribution in [3.8, 4) is 0 Å². The highest BCUT2D eigenvalue weighted by Crippen LogP contribution is 2.02. The van der Waals surface area contributed by atoms with Crippen LogP contribution in [0.4, 0.5) is 0 Å². The predicted molar refractivity (Wildman–Crippen MR) is 57.9 cm³/mol. The van der Waals surface area contributed by atoms with Crippen molar-refractivity contribution in [1.82, 2.24) is 5.32 Å². The summed E-state index contributed by atoms with van der Waals surface area (Å²) in [7, 11) is 0. The highest BCUT2D eigenvalue weighted by molar-refractivity contribution is 5.15. The molecule has 0 aromatic heterocycles. The molecule has 0 heterocycles. The van der Waals surface area contributed by atoms with Crippen LogP contribution in [0, 0.1) is 0 Å². The van der Waals surface area contributed by atoms with E-state index in [-0.39, 0.29) is 0 Å². The van der Waals surface area contributed by atoms with Crippen molar-refractivity contribution in [2.24, 2.45) is 0 Å². The Morgan fingerprint density at radius 1 is 1.08 bits per heavy atom. The molecular formula is C12H19N. The first kappa shape index (κ1) is 10.3. The summed E-state index contributed by atoms with van der Waals surface area (Å²) >= 11 is 0. The van der Waals surface area contributed by atoms with Crippen LogP contribution < -0.4 is 5.32 Å². The Labute approximate surface area is 81.2 Å². The fourth-order valence-corrected chi connectivity index (χ4v) is 1.60. The van der Waals surface area contributed by atoms with E-state index in [0.717, 1.165) is 6.42 Å². The molecule has 0 amide bonds. The van der Waals surface area contributed by atoms with E-state index in [0.29, 0.717) is 12.1 Å². The molecule has 1 heteroatoms. The van der Waals surface area contributed by atoms with Gasteiger partial charge in [-0.2, -0.15) is 0 Å². The lowest BCUT2D eigenvalue weighted by Gasteiger charge is -2.16. The minimum absolute atomic E-state index is 0.558. The third-order valence-electron chi connectivity index (χ3n) is 2.00. The Morgan fingerprint density at radius 2 is 1.69 bits per heavy atom. The molecule has 72 valence electrons. The van der Waals surface area contributed by atoms with Gasteiger partial charge in [-0.05, 0) is 18.9 Å². The maximum absolute atomic E-state index is 3.49. The number of nitrogens with one attached hydrogen (secondary N) is 1. The first-order chi connectivity index (χ1) is 6.18. The van der Waals surface area contributed by atoms with E-state index >= 15 is 0 Å². The summed E-state index contributed by atoms with van der Waals surface area (Å²) in [4.78, 5) is 0. The van der Waals surface area contributed by atoms with Gasteiger partial charge in [-0.25, -0.2) is 0 Å². The maximum atomic E-state index is 3.49. The quantitative estimate of drug-likeness (QED) is 0.745. The van der Waals surface area contributed by atoms with Gasteiger partial charge in [0.05, 0.1) is 0 Å². The smallest absolute Gasteiger partial charge is 0.00815 e. The van der Waals surface area contributed by atoms with Crippen LogP contribution in [0.15, 0.2) is 30.3 Å². The number of benzene rings is 1. The van der Waals surface area contributed by atoms with Gasteiger partial charge in [0.25, 0.3) is 0 Å². The molecule has 0 radical (unpaired) electrons. The SMILES string of the molecule is CC(C)N[C@@H](C)Cc1ccccc1. The fourth-order valence-electron chi connectivity index (χ4n) is 1.60. The molecular weight excluding hydrogens is 158 g/mol. The Kier molecular flexibility index (Phi) is 3.97. The maximum Gasteiger partial charge on any atom is 0.00815 e. The van der Waals surface area contributed by atoms with Crippen molar-refractivity contribution in [2.75, 3.05) is 0 Å². The molecule has 1 rings (SSSR count). The van der Waals surface area contributed by atoms with Gasteiger partial charge < -0.3 is 5.32 Å². The third kappa shape index (κ3) is 4.09. The topological polar surface area (TPSA) is 12.0 Å². The molecule has 1 nitrogen and oxygen atoms in total. The Morgan fingerprint density at radius 3 is 2.23 bits per heavy atom. The van der Waals surface area contributed by atoms with E-state index in [9.17, 15) is 0 Å². The number of hydrogen-bond acceptors (Lipinski definition) is 1. The first-order valence-corrected chi connectivity index (χ1v) is 4.98.